The van der Waals surface area contributed by atoms with Gasteiger partial charge in [0, 0.05) is 19.1 Å². The van der Waals surface area contributed by atoms with Gasteiger partial charge in [-0.25, -0.2) is 0 Å². The number of piperidine rings is 1. The van der Waals surface area contributed by atoms with Crippen molar-refractivity contribution in [3.63, 3.8) is 0 Å². The Labute approximate surface area is 190 Å². The molecule has 1 saturated carbocycles. The second kappa shape index (κ2) is 17.0. The first-order valence-electron chi connectivity index (χ1n) is 12.4. The molecule has 0 aromatic heterocycles. The van der Waals surface area contributed by atoms with E-state index >= 15 is 0 Å². The molecule has 176 valence electrons. The number of methoxy groups -OCH3 is 1. The SMILES string of the molecule is C=C(NC(NCCCCCC)OC)SC(=N)C1CCN(C2CCCCC2)CC1.CC. The quantitative estimate of drug-likeness (QED) is 0.152. The summed E-state index contributed by atoms with van der Waals surface area (Å²) in [5.41, 5.74) is 0. The van der Waals surface area contributed by atoms with E-state index in [4.69, 9.17) is 10.1 Å². The predicted octanol–water partition coefficient (Wildman–Crippen LogP) is 5.93. The van der Waals surface area contributed by atoms with Crippen LogP contribution < -0.4 is 10.6 Å². The summed E-state index contributed by atoms with van der Waals surface area (Å²) in [6.45, 7) is 13.6. The third-order valence-corrected chi connectivity index (χ3v) is 7.03. The molecule has 5 nitrogen and oxygen atoms in total. The normalized spacial score (nSPS) is 19.6. The van der Waals surface area contributed by atoms with Crippen LogP contribution in [0.3, 0.4) is 0 Å². The van der Waals surface area contributed by atoms with Gasteiger partial charge in [0.05, 0.1) is 10.1 Å². The molecule has 30 heavy (non-hydrogen) atoms. The maximum Gasteiger partial charge on any atom is 0.184 e. The minimum atomic E-state index is -0.234. The molecule has 0 bridgehead atoms. The molecule has 0 amide bonds. The molecule has 2 fully saturated rings. The number of nitrogens with one attached hydrogen (secondary N) is 3. The lowest BCUT2D eigenvalue weighted by molar-refractivity contribution is 0.0564. The summed E-state index contributed by atoms with van der Waals surface area (Å²) in [6.07, 6.45) is 13.9. The molecule has 0 aromatic rings. The van der Waals surface area contributed by atoms with Crippen LogP contribution in [-0.4, -0.2) is 49.1 Å². The fourth-order valence-corrected chi connectivity index (χ4v) is 5.18. The molecule has 2 aliphatic rings. The number of ether oxygens (including phenoxy) is 1. The van der Waals surface area contributed by atoms with Gasteiger partial charge in [-0.15, -0.1) is 0 Å². The van der Waals surface area contributed by atoms with E-state index in [-0.39, 0.29) is 6.35 Å². The van der Waals surface area contributed by atoms with Crippen molar-refractivity contribution in [1.29, 1.82) is 5.41 Å². The Hall–Kier alpha value is -0.560. The number of unbranched alkanes of at least 4 members (excludes halogenated alkanes) is 3. The molecule has 3 N–H and O–H groups in total. The van der Waals surface area contributed by atoms with Gasteiger partial charge in [0.2, 0.25) is 0 Å². The zero-order chi connectivity index (χ0) is 22.2. The number of rotatable bonds is 12. The number of hydrogen-bond acceptors (Lipinski definition) is 6. The largest absolute Gasteiger partial charge is 0.348 e. The molecule has 0 radical (unpaired) electrons. The van der Waals surface area contributed by atoms with Gasteiger partial charge in [0.1, 0.15) is 0 Å². The number of hydrogen-bond donors (Lipinski definition) is 3. The van der Waals surface area contributed by atoms with Crippen LogP contribution in [0.25, 0.3) is 0 Å². The molecule has 1 unspecified atom stereocenters. The Balaban J connectivity index is 0.00000218. The van der Waals surface area contributed by atoms with Gasteiger partial charge in [0.25, 0.3) is 0 Å². The van der Waals surface area contributed by atoms with Gasteiger partial charge < -0.3 is 15.0 Å². The zero-order valence-electron chi connectivity index (χ0n) is 20.1. The first-order valence-corrected chi connectivity index (χ1v) is 13.2. The highest BCUT2D eigenvalue weighted by molar-refractivity contribution is 8.17. The van der Waals surface area contributed by atoms with E-state index in [1.54, 1.807) is 7.11 Å². The number of nitrogens with zero attached hydrogens (tertiary/aromatic N) is 1. The maximum absolute atomic E-state index is 8.52. The van der Waals surface area contributed by atoms with Crippen molar-refractivity contribution in [2.45, 2.75) is 104 Å². The lowest BCUT2D eigenvalue weighted by Gasteiger charge is -2.39. The second-order valence-electron chi connectivity index (χ2n) is 8.27. The Morgan fingerprint density at radius 3 is 2.37 bits per heavy atom. The average Bonchev–Trinajstić information content (AvgIpc) is 2.80. The third kappa shape index (κ3) is 10.7. The molecule has 6 heteroatoms. The predicted molar refractivity (Wildman–Crippen MR) is 133 cm³/mol. The van der Waals surface area contributed by atoms with Crippen molar-refractivity contribution in [1.82, 2.24) is 15.5 Å². The van der Waals surface area contributed by atoms with E-state index in [1.165, 1.54) is 63.1 Å². The van der Waals surface area contributed by atoms with Crippen LogP contribution in [0, 0.1) is 11.3 Å². The summed E-state index contributed by atoms with van der Waals surface area (Å²) in [7, 11) is 1.70. The molecule has 1 atom stereocenters. The monoisotopic (exact) mass is 440 g/mol. The summed E-state index contributed by atoms with van der Waals surface area (Å²) in [5, 5.41) is 16.7. The fourth-order valence-electron chi connectivity index (χ4n) is 4.34. The Morgan fingerprint density at radius 1 is 1.10 bits per heavy atom. The average molecular weight is 441 g/mol. The minimum absolute atomic E-state index is 0.234. The highest BCUT2D eigenvalue weighted by Crippen LogP contribution is 2.30. The Morgan fingerprint density at radius 2 is 1.77 bits per heavy atom. The van der Waals surface area contributed by atoms with E-state index in [9.17, 15) is 0 Å². The smallest absolute Gasteiger partial charge is 0.184 e. The van der Waals surface area contributed by atoms with Crippen molar-refractivity contribution >= 4 is 16.8 Å². The molecule has 1 saturated heterocycles. The van der Waals surface area contributed by atoms with Crippen molar-refractivity contribution in [2.75, 3.05) is 26.7 Å². The zero-order valence-corrected chi connectivity index (χ0v) is 20.9. The van der Waals surface area contributed by atoms with Crippen LogP contribution in [0.4, 0.5) is 0 Å². The topological polar surface area (TPSA) is 60.4 Å². The van der Waals surface area contributed by atoms with Gasteiger partial charge in [-0.3, -0.25) is 10.7 Å². The van der Waals surface area contributed by atoms with Crippen LogP contribution in [-0.2, 0) is 4.74 Å². The molecular formula is C24H48N4OS. The number of thioether (sulfide) groups is 1. The first-order chi connectivity index (χ1) is 14.6. The van der Waals surface area contributed by atoms with Gasteiger partial charge >= 0.3 is 0 Å². The van der Waals surface area contributed by atoms with Crippen LogP contribution >= 0.6 is 11.8 Å². The molecule has 1 aliphatic heterocycles. The molecule has 1 heterocycles. The summed E-state index contributed by atoms with van der Waals surface area (Å²) < 4.78 is 5.46. The van der Waals surface area contributed by atoms with Crippen molar-refractivity contribution < 1.29 is 4.74 Å². The van der Waals surface area contributed by atoms with Crippen LogP contribution in [0.1, 0.15) is 91.4 Å². The van der Waals surface area contributed by atoms with E-state index in [0.29, 0.717) is 5.92 Å². The number of likely N-dealkylation sites (tertiary alicyclic amines) is 1. The first kappa shape index (κ1) is 27.5. The lowest BCUT2D eigenvalue weighted by Crippen LogP contribution is -2.44. The fraction of sp³-hybridized carbons (Fsp3) is 0.875. The van der Waals surface area contributed by atoms with E-state index in [2.05, 4.69) is 29.0 Å². The molecular weight excluding hydrogens is 392 g/mol. The summed E-state index contributed by atoms with van der Waals surface area (Å²) in [5.74, 6) is 0.381. The van der Waals surface area contributed by atoms with Crippen molar-refractivity contribution in [3.8, 4) is 0 Å². The van der Waals surface area contributed by atoms with Crippen LogP contribution in [0.2, 0.25) is 0 Å². The molecule has 0 aromatic carbocycles. The van der Waals surface area contributed by atoms with Crippen LogP contribution in [0.5, 0.6) is 0 Å². The van der Waals surface area contributed by atoms with Gasteiger partial charge in [-0.05, 0) is 51.7 Å². The molecule has 1 aliphatic carbocycles. The Kier molecular flexibility index (Phi) is 15.6. The van der Waals surface area contributed by atoms with Crippen molar-refractivity contribution in [3.05, 3.63) is 11.6 Å². The van der Waals surface area contributed by atoms with Crippen molar-refractivity contribution in [2.24, 2.45) is 5.92 Å². The lowest BCUT2D eigenvalue weighted by atomic mass is 9.90. The van der Waals surface area contributed by atoms with Crippen LogP contribution in [0.15, 0.2) is 11.6 Å². The second-order valence-corrected chi connectivity index (χ2v) is 9.40. The highest BCUT2D eigenvalue weighted by Gasteiger charge is 2.28. The summed E-state index contributed by atoms with van der Waals surface area (Å²) in [4.78, 5) is 2.68. The molecule has 0 spiro atoms. The standard InChI is InChI=1S/C22H42N4OS.C2H6/c1-4-5-6-10-15-24-22(27-3)25-18(2)28-21(23)19-13-16-26(17-14-19)20-11-8-7-9-12-20;1-2/h19-20,22-25H,2,4-17H2,1,3H3;1-2H3. The minimum Gasteiger partial charge on any atom is -0.348 e. The third-order valence-electron chi connectivity index (χ3n) is 6.11. The Bertz CT molecular complexity index is 460. The van der Waals surface area contributed by atoms with Gasteiger partial charge in [0.15, 0.2) is 6.35 Å². The summed E-state index contributed by atoms with van der Waals surface area (Å²) >= 11 is 1.47. The van der Waals surface area contributed by atoms with E-state index in [0.717, 1.165) is 55.0 Å². The van der Waals surface area contributed by atoms with Gasteiger partial charge in [-0.1, -0.05) is 77.6 Å². The molecule has 2 rings (SSSR count). The maximum atomic E-state index is 8.52. The summed E-state index contributed by atoms with van der Waals surface area (Å²) in [6, 6.07) is 0.805. The van der Waals surface area contributed by atoms with E-state index < -0.39 is 0 Å². The van der Waals surface area contributed by atoms with E-state index in [1.807, 2.05) is 13.8 Å². The highest BCUT2D eigenvalue weighted by atomic mass is 32.2. The van der Waals surface area contributed by atoms with Gasteiger partial charge in [-0.2, -0.15) is 0 Å².